The van der Waals surface area contributed by atoms with E-state index >= 15 is 0 Å². The number of hydrogen-bond acceptors (Lipinski definition) is 20. The fraction of sp³-hybridized carbons (Fsp3) is 0.519. The lowest BCUT2D eigenvalue weighted by Gasteiger charge is -2.50. The summed E-state index contributed by atoms with van der Waals surface area (Å²) in [5.41, 5.74) is 38.1. The number of azide groups is 3. The van der Waals surface area contributed by atoms with Gasteiger partial charge in [0.05, 0.1) is 68.3 Å². The Bertz CT molecular complexity index is 2810. The summed E-state index contributed by atoms with van der Waals surface area (Å²) in [6.45, 7) is 0.202. The van der Waals surface area contributed by atoms with E-state index in [0.717, 1.165) is 11.1 Å². The van der Waals surface area contributed by atoms with Crippen LogP contribution in [0, 0.1) is 0 Å². The lowest BCUT2D eigenvalue weighted by Crippen LogP contribution is -2.73. The smallest absolute Gasteiger partial charge is 0.410 e. The monoisotopic (exact) mass is 1140 g/mol. The molecule has 0 spiro atoms. The Labute approximate surface area is 470 Å². The van der Waals surface area contributed by atoms with Gasteiger partial charge in [0.2, 0.25) is 0 Å². The summed E-state index contributed by atoms with van der Waals surface area (Å²) >= 11 is 0. The first-order valence-electron chi connectivity index (χ1n) is 26.6. The highest BCUT2D eigenvalue weighted by atomic mass is 16.8. The SMILES string of the molecule is C[C@@H]([C@@H]1CC[C@@H](N=[N+]=[N-])[C@@H](O[C@@H]2[C@@H](NC(=O)OCc3ccccc3)[C@H](OCc3ccccc3)[C@@H](N)[C@H](O)[C@H]2O[C@@H]2O[C@H](CO)[C@@H](O[C@H]3O[C@@H](CN=[N+]=[N-])[C@@H](O)[C@H](O)[C@H]3N=[N+]=[N-])[C@H]2O)O1)N(Cc1ccccc1)C(=O)OCc1ccccc1. The quantitative estimate of drug-likeness (QED) is 0.0302. The van der Waals surface area contributed by atoms with Crippen molar-refractivity contribution in [3.8, 4) is 0 Å². The molecule has 3 aliphatic heterocycles. The highest BCUT2D eigenvalue weighted by Gasteiger charge is 2.57. The predicted octanol–water partition coefficient (Wildman–Crippen LogP) is 4.65. The number of amides is 2. The maximum atomic E-state index is 14.2. The van der Waals surface area contributed by atoms with Crippen LogP contribution in [0.5, 0.6) is 0 Å². The molecule has 4 aromatic rings. The van der Waals surface area contributed by atoms with Crippen LogP contribution in [-0.4, -0.2) is 172 Å². The molecular formula is C54H66N12O16. The van der Waals surface area contributed by atoms with Crippen LogP contribution in [-0.2, 0) is 69.0 Å². The van der Waals surface area contributed by atoms with Crippen LogP contribution in [0.15, 0.2) is 137 Å². The number of nitrogens with zero attached hydrogens (tertiary/aromatic N) is 10. The van der Waals surface area contributed by atoms with Gasteiger partial charge in [0, 0.05) is 21.3 Å². The van der Waals surface area contributed by atoms with Gasteiger partial charge in [-0.05, 0) is 58.6 Å². The number of aliphatic hydroxyl groups excluding tert-OH is 5. The molecule has 4 fully saturated rings. The molecule has 4 aliphatic rings. The van der Waals surface area contributed by atoms with Gasteiger partial charge in [-0.25, -0.2) is 9.59 Å². The average Bonchev–Trinajstić information content (AvgIpc) is 3.99. The normalized spacial score (nSPS) is 31.9. The number of alkyl carbamates (subject to hydrolysis) is 1. The number of hydrogen-bond donors (Lipinski definition) is 7. The van der Waals surface area contributed by atoms with Crippen LogP contribution < -0.4 is 11.1 Å². The maximum Gasteiger partial charge on any atom is 0.410 e. The highest BCUT2D eigenvalue weighted by Crippen LogP contribution is 2.38. The summed E-state index contributed by atoms with van der Waals surface area (Å²) in [4.78, 5) is 38.3. The summed E-state index contributed by atoms with van der Waals surface area (Å²) in [6.07, 6.45) is -23.8. The maximum absolute atomic E-state index is 14.2. The van der Waals surface area contributed by atoms with E-state index in [1.54, 1.807) is 67.6 Å². The fourth-order valence-electron chi connectivity index (χ4n) is 10.3. The molecule has 0 radical (unpaired) electrons. The van der Waals surface area contributed by atoms with Crippen LogP contribution in [0.1, 0.15) is 42.0 Å². The van der Waals surface area contributed by atoms with Gasteiger partial charge in [0.15, 0.2) is 18.9 Å². The van der Waals surface area contributed by atoms with E-state index in [2.05, 4.69) is 35.4 Å². The van der Waals surface area contributed by atoms with Crippen LogP contribution in [0.2, 0.25) is 0 Å². The van der Waals surface area contributed by atoms with E-state index in [0.29, 0.717) is 11.1 Å². The summed E-state index contributed by atoms with van der Waals surface area (Å²) < 4.78 is 56.1. The van der Waals surface area contributed by atoms with E-state index in [1.165, 1.54) is 4.90 Å². The standard InChI is InChI=1S/C54H66N12O16/c1-30(66(25-31-14-6-2-7-15-31)54(73)76-29-34-20-12-5-13-21-34)36-23-22-35(61-64-57)50(77-36)81-48-41(60-53(72)75-28-33-18-10-4-11-19-33)47(74-27-32-16-8-3-9-17-32)39(55)43(69)49(48)82-52-45(71)46(38(26-67)79-52)80-51-40(62-65-58)44(70)42(68)37(78-51)24-59-63-56/h2-21,30,35-52,67-71H,22-29,55H2,1H3,(H,60,72)/t30-,35+,36-,37-,38+,39-,40+,41-,42+,43-,44+,45+,46+,47+,48+,49+,50+,51+,52-/m0/s1. The molecule has 19 atom stereocenters. The Morgan fingerprint density at radius 1 is 0.646 bits per heavy atom. The molecule has 438 valence electrons. The van der Waals surface area contributed by atoms with Crippen LogP contribution in [0.25, 0.3) is 31.3 Å². The molecular weight excluding hydrogens is 1070 g/mol. The molecule has 28 nitrogen and oxygen atoms in total. The number of ether oxygens (including phenoxy) is 9. The Hall–Kier alpha value is -7.17. The first kappa shape index (κ1) is 60.9. The minimum atomic E-state index is -1.92. The molecule has 0 bridgehead atoms. The zero-order valence-electron chi connectivity index (χ0n) is 44.4. The van der Waals surface area contributed by atoms with Gasteiger partial charge >= 0.3 is 12.2 Å². The van der Waals surface area contributed by atoms with Gasteiger partial charge in [-0.15, -0.1) is 0 Å². The van der Waals surface area contributed by atoms with Crippen molar-refractivity contribution in [2.24, 2.45) is 21.1 Å². The molecule has 3 heterocycles. The van der Waals surface area contributed by atoms with Gasteiger partial charge in [-0.2, -0.15) is 0 Å². The largest absolute Gasteiger partial charge is 0.445 e. The molecule has 82 heavy (non-hydrogen) atoms. The summed E-state index contributed by atoms with van der Waals surface area (Å²) in [6, 6.07) is 29.7. The fourth-order valence-corrected chi connectivity index (χ4v) is 10.3. The Balaban J connectivity index is 1.13. The van der Waals surface area contributed by atoms with Crippen molar-refractivity contribution in [1.29, 1.82) is 0 Å². The van der Waals surface area contributed by atoms with E-state index in [9.17, 15) is 46.2 Å². The lowest BCUT2D eigenvalue weighted by molar-refractivity contribution is -0.302. The minimum Gasteiger partial charge on any atom is -0.445 e. The Morgan fingerprint density at radius 3 is 1.80 bits per heavy atom. The number of carbonyl (C=O) groups is 2. The van der Waals surface area contributed by atoms with Crippen molar-refractivity contribution in [3.63, 3.8) is 0 Å². The average molecular weight is 1140 g/mol. The minimum absolute atomic E-state index is 0.0281. The molecule has 28 heteroatoms. The molecule has 2 amide bonds. The van der Waals surface area contributed by atoms with E-state index in [-0.39, 0.29) is 39.2 Å². The van der Waals surface area contributed by atoms with Crippen LogP contribution >= 0.6 is 0 Å². The second-order valence-corrected chi connectivity index (χ2v) is 20.0. The zero-order chi connectivity index (χ0) is 58.1. The van der Waals surface area contributed by atoms with Crippen LogP contribution in [0.3, 0.4) is 0 Å². The molecule has 1 saturated carbocycles. The number of nitrogens with one attached hydrogen (secondary N) is 1. The Kier molecular flexibility index (Phi) is 22.1. The molecule has 8 N–H and O–H groups in total. The van der Waals surface area contributed by atoms with Crippen molar-refractivity contribution in [3.05, 3.63) is 175 Å². The van der Waals surface area contributed by atoms with E-state index in [1.807, 2.05) is 60.7 Å². The number of aliphatic hydroxyl groups is 5. The molecule has 3 saturated heterocycles. The van der Waals surface area contributed by atoms with Crippen molar-refractivity contribution in [1.82, 2.24) is 10.2 Å². The first-order chi connectivity index (χ1) is 39.8. The second kappa shape index (κ2) is 29.7. The number of rotatable bonds is 23. The summed E-state index contributed by atoms with van der Waals surface area (Å²) in [7, 11) is 0. The van der Waals surface area contributed by atoms with Crippen LogP contribution in [0.4, 0.5) is 9.59 Å². The van der Waals surface area contributed by atoms with Gasteiger partial charge in [-0.3, -0.25) is 4.90 Å². The molecule has 4 aromatic carbocycles. The van der Waals surface area contributed by atoms with Gasteiger partial charge < -0.3 is 79.2 Å². The third kappa shape index (κ3) is 15.3. The Morgan fingerprint density at radius 2 is 1.21 bits per heavy atom. The van der Waals surface area contributed by atoms with Crippen molar-refractivity contribution in [2.75, 3.05) is 13.2 Å². The molecule has 8 rings (SSSR count). The highest BCUT2D eigenvalue weighted by molar-refractivity contribution is 5.68. The van der Waals surface area contributed by atoms with Gasteiger partial charge in [0.1, 0.15) is 62.0 Å². The number of benzene rings is 4. The predicted molar refractivity (Wildman–Crippen MR) is 285 cm³/mol. The van der Waals surface area contributed by atoms with E-state index in [4.69, 9.17) is 53.9 Å². The summed E-state index contributed by atoms with van der Waals surface area (Å²) in [5.74, 6) is 0. The molecule has 1 aliphatic carbocycles. The summed E-state index contributed by atoms with van der Waals surface area (Å²) in [5, 5.41) is 70.7. The van der Waals surface area contributed by atoms with E-state index < -0.39 is 142 Å². The number of nitrogens with two attached hydrogens (primary N) is 1. The van der Waals surface area contributed by atoms with Crippen molar-refractivity contribution >= 4 is 12.2 Å². The topological polar surface area (TPSA) is 406 Å². The van der Waals surface area contributed by atoms with Crippen molar-refractivity contribution in [2.45, 2.75) is 162 Å². The first-order valence-corrected chi connectivity index (χ1v) is 26.6. The molecule has 0 unspecified atom stereocenters. The third-order valence-corrected chi connectivity index (χ3v) is 14.7. The van der Waals surface area contributed by atoms with Crippen molar-refractivity contribution < 1.29 is 77.8 Å². The zero-order valence-corrected chi connectivity index (χ0v) is 44.4. The van der Waals surface area contributed by atoms with Gasteiger partial charge in [0.25, 0.3) is 0 Å². The second-order valence-electron chi connectivity index (χ2n) is 20.0. The lowest BCUT2D eigenvalue weighted by atomic mass is 9.81. The third-order valence-electron chi connectivity index (χ3n) is 14.7. The number of carbonyl (C=O) groups excluding carboxylic acids is 2. The van der Waals surface area contributed by atoms with Gasteiger partial charge in [-0.1, -0.05) is 137 Å². The molecule has 0 aromatic heterocycles.